The molecule has 0 saturated carbocycles. The van der Waals surface area contributed by atoms with Gasteiger partial charge >= 0.3 is 0 Å². The third kappa shape index (κ3) is 4.46. The summed E-state index contributed by atoms with van der Waals surface area (Å²) < 4.78 is 10.2. The van der Waals surface area contributed by atoms with Crippen LogP contribution in [0.4, 0.5) is 5.69 Å². The van der Waals surface area contributed by atoms with Gasteiger partial charge in [0.25, 0.3) is 0 Å². The summed E-state index contributed by atoms with van der Waals surface area (Å²) in [5, 5.41) is 2.91. The number of carbonyl (C=O) groups excluding carboxylic acids is 2. The summed E-state index contributed by atoms with van der Waals surface area (Å²) in [5.41, 5.74) is 2.78. The molecule has 0 aromatic heterocycles. The summed E-state index contributed by atoms with van der Waals surface area (Å²) in [7, 11) is 3.12. The normalized spacial score (nSPS) is 16.2. The molecule has 0 aliphatic carbocycles. The number of hydrogen-bond acceptors (Lipinski definition) is 4. The summed E-state index contributed by atoms with van der Waals surface area (Å²) in [6, 6.07) is 15.0. The Hall–Kier alpha value is -2.86. The molecule has 1 saturated heterocycles. The number of rotatable bonds is 6. The van der Waals surface area contributed by atoms with Crippen LogP contribution in [-0.4, -0.2) is 50.1 Å². The van der Waals surface area contributed by atoms with Crippen molar-refractivity contribution in [3.63, 3.8) is 0 Å². The van der Waals surface area contributed by atoms with E-state index in [-0.39, 0.29) is 18.4 Å². The second-order valence-corrected chi connectivity index (χ2v) is 6.48. The minimum Gasteiger partial charge on any atom is -0.497 e. The van der Waals surface area contributed by atoms with Gasteiger partial charge in [-0.1, -0.05) is 24.3 Å². The Balaban J connectivity index is 1.67. The van der Waals surface area contributed by atoms with Crippen LogP contribution in [0.2, 0.25) is 0 Å². The molecule has 142 valence electrons. The number of ether oxygens (including phenoxy) is 2. The van der Waals surface area contributed by atoms with E-state index < -0.39 is 6.04 Å². The van der Waals surface area contributed by atoms with Crippen LogP contribution >= 0.6 is 0 Å². The number of anilines is 1. The van der Waals surface area contributed by atoms with E-state index in [9.17, 15) is 9.59 Å². The zero-order valence-corrected chi connectivity index (χ0v) is 15.6. The van der Waals surface area contributed by atoms with E-state index in [0.717, 1.165) is 23.3 Å². The van der Waals surface area contributed by atoms with E-state index in [1.165, 1.54) is 7.11 Å². The fourth-order valence-electron chi connectivity index (χ4n) is 3.32. The number of nitrogens with one attached hydrogen (secondary N) is 1. The molecule has 0 bridgehead atoms. The Labute approximate surface area is 159 Å². The van der Waals surface area contributed by atoms with Crippen molar-refractivity contribution >= 4 is 17.5 Å². The zero-order valence-electron chi connectivity index (χ0n) is 15.6. The maximum Gasteiger partial charge on any atom is 0.249 e. The maximum absolute atomic E-state index is 12.6. The molecule has 1 N–H and O–H groups in total. The molecular formula is C21H24N2O4. The zero-order chi connectivity index (χ0) is 19.2. The molecule has 0 spiro atoms. The lowest BCUT2D eigenvalue weighted by Gasteiger charge is -2.23. The first-order valence-electron chi connectivity index (χ1n) is 8.96. The maximum atomic E-state index is 12.6. The van der Waals surface area contributed by atoms with E-state index in [1.54, 1.807) is 12.0 Å². The molecule has 1 fully saturated rings. The molecule has 2 aromatic carbocycles. The summed E-state index contributed by atoms with van der Waals surface area (Å²) >= 11 is 0. The fraction of sp³-hybridized carbons (Fsp3) is 0.333. The van der Waals surface area contributed by atoms with Gasteiger partial charge in [0.05, 0.1) is 7.11 Å². The van der Waals surface area contributed by atoms with E-state index in [2.05, 4.69) is 5.32 Å². The van der Waals surface area contributed by atoms with Gasteiger partial charge in [-0.25, -0.2) is 0 Å². The van der Waals surface area contributed by atoms with E-state index >= 15 is 0 Å². The number of nitrogens with zero attached hydrogens (tertiary/aromatic N) is 1. The van der Waals surface area contributed by atoms with E-state index in [0.29, 0.717) is 18.7 Å². The van der Waals surface area contributed by atoms with Gasteiger partial charge in [-0.3, -0.25) is 9.59 Å². The lowest BCUT2D eigenvalue weighted by Crippen LogP contribution is -2.44. The number of benzene rings is 2. The van der Waals surface area contributed by atoms with Crippen molar-refractivity contribution in [1.29, 1.82) is 0 Å². The molecule has 1 atom stereocenters. The van der Waals surface area contributed by atoms with Crippen LogP contribution in [0.1, 0.15) is 12.8 Å². The summed E-state index contributed by atoms with van der Waals surface area (Å²) in [6.45, 7) is 0.591. The molecule has 6 nitrogen and oxygen atoms in total. The quantitative estimate of drug-likeness (QED) is 0.851. The highest BCUT2D eigenvalue weighted by Crippen LogP contribution is 2.25. The van der Waals surface area contributed by atoms with Crippen molar-refractivity contribution in [1.82, 2.24) is 4.90 Å². The predicted molar refractivity (Wildman–Crippen MR) is 104 cm³/mol. The van der Waals surface area contributed by atoms with Gasteiger partial charge in [0.15, 0.2) is 0 Å². The molecule has 1 aliphatic heterocycles. The Bertz CT molecular complexity index is 804. The van der Waals surface area contributed by atoms with Crippen LogP contribution < -0.4 is 10.1 Å². The third-order valence-electron chi connectivity index (χ3n) is 4.70. The Morgan fingerprint density at radius 3 is 2.59 bits per heavy atom. The number of likely N-dealkylation sites (tertiary alicyclic amines) is 1. The Morgan fingerprint density at radius 1 is 1.11 bits per heavy atom. The second kappa shape index (κ2) is 8.68. The van der Waals surface area contributed by atoms with Gasteiger partial charge in [0, 0.05) is 19.3 Å². The Kier molecular flexibility index (Phi) is 6.08. The van der Waals surface area contributed by atoms with Crippen molar-refractivity contribution in [2.75, 3.05) is 32.7 Å². The summed E-state index contributed by atoms with van der Waals surface area (Å²) in [6.07, 6.45) is 1.49. The molecule has 2 amide bonds. The van der Waals surface area contributed by atoms with Crippen LogP contribution in [0.25, 0.3) is 11.1 Å². The molecule has 0 radical (unpaired) electrons. The van der Waals surface area contributed by atoms with Crippen LogP contribution in [0, 0.1) is 0 Å². The summed E-state index contributed by atoms with van der Waals surface area (Å²) in [5.74, 6) is 0.488. The van der Waals surface area contributed by atoms with Crippen molar-refractivity contribution in [2.24, 2.45) is 0 Å². The molecule has 1 heterocycles. The molecule has 2 aromatic rings. The summed E-state index contributed by atoms with van der Waals surface area (Å²) in [4.78, 5) is 26.3. The van der Waals surface area contributed by atoms with Crippen LogP contribution in [0.5, 0.6) is 5.75 Å². The minimum atomic E-state index is -0.439. The second-order valence-electron chi connectivity index (χ2n) is 6.48. The molecule has 27 heavy (non-hydrogen) atoms. The van der Waals surface area contributed by atoms with Gasteiger partial charge in [-0.15, -0.1) is 0 Å². The Morgan fingerprint density at radius 2 is 1.89 bits per heavy atom. The molecule has 6 heteroatoms. The average molecular weight is 368 g/mol. The van der Waals surface area contributed by atoms with E-state index in [4.69, 9.17) is 9.47 Å². The average Bonchev–Trinajstić information content (AvgIpc) is 3.19. The van der Waals surface area contributed by atoms with Crippen molar-refractivity contribution < 1.29 is 19.1 Å². The highest BCUT2D eigenvalue weighted by Gasteiger charge is 2.33. The molecular weight excluding hydrogens is 344 g/mol. The number of amides is 2. The predicted octanol–water partition coefficient (Wildman–Crippen LogP) is 2.94. The number of hydrogen-bond donors (Lipinski definition) is 1. The third-order valence-corrected chi connectivity index (χ3v) is 4.70. The number of methoxy groups -OCH3 is 2. The number of carbonyl (C=O) groups is 2. The van der Waals surface area contributed by atoms with Gasteiger partial charge < -0.3 is 19.7 Å². The lowest BCUT2D eigenvalue weighted by molar-refractivity contribution is -0.139. The first-order chi connectivity index (χ1) is 13.1. The monoisotopic (exact) mass is 368 g/mol. The highest BCUT2D eigenvalue weighted by molar-refractivity contribution is 5.97. The largest absolute Gasteiger partial charge is 0.497 e. The van der Waals surface area contributed by atoms with Gasteiger partial charge in [0.2, 0.25) is 11.8 Å². The highest BCUT2D eigenvalue weighted by atomic mass is 16.5. The minimum absolute atomic E-state index is 0.000977. The smallest absolute Gasteiger partial charge is 0.249 e. The van der Waals surface area contributed by atoms with E-state index in [1.807, 2.05) is 48.5 Å². The van der Waals surface area contributed by atoms with Crippen molar-refractivity contribution in [2.45, 2.75) is 18.9 Å². The molecule has 3 rings (SSSR count). The molecule has 0 unspecified atom stereocenters. The molecule has 1 aliphatic rings. The van der Waals surface area contributed by atoms with Gasteiger partial charge in [-0.2, -0.15) is 0 Å². The van der Waals surface area contributed by atoms with Crippen LogP contribution in [0.15, 0.2) is 48.5 Å². The van der Waals surface area contributed by atoms with Crippen molar-refractivity contribution in [3.05, 3.63) is 48.5 Å². The SMILES string of the molecule is COCC(=O)N1CCC[C@H]1C(=O)Nc1ccc(-c2cccc(OC)c2)cc1. The van der Waals surface area contributed by atoms with Gasteiger partial charge in [-0.05, 0) is 48.2 Å². The fourth-order valence-corrected chi connectivity index (χ4v) is 3.32. The lowest BCUT2D eigenvalue weighted by atomic mass is 10.1. The van der Waals surface area contributed by atoms with Crippen molar-refractivity contribution in [3.8, 4) is 16.9 Å². The standard InChI is InChI=1S/C21H24N2O4/c1-26-14-20(24)23-12-4-7-19(23)21(25)22-17-10-8-15(9-11-17)16-5-3-6-18(13-16)27-2/h3,5-6,8-11,13,19H,4,7,12,14H2,1-2H3,(H,22,25)/t19-/m0/s1. The van der Waals surface area contributed by atoms with Crippen LogP contribution in [0.3, 0.4) is 0 Å². The first-order valence-corrected chi connectivity index (χ1v) is 8.96. The first kappa shape index (κ1) is 18.9. The van der Waals surface area contributed by atoms with Crippen LogP contribution in [-0.2, 0) is 14.3 Å². The van der Waals surface area contributed by atoms with Gasteiger partial charge in [0.1, 0.15) is 18.4 Å². The topological polar surface area (TPSA) is 67.9 Å².